The maximum Gasteiger partial charge on any atom is 1.00 e. The summed E-state index contributed by atoms with van der Waals surface area (Å²) in [4.78, 5) is 0. The van der Waals surface area contributed by atoms with E-state index in [4.69, 9.17) is 75.4 Å². The van der Waals surface area contributed by atoms with Crippen molar-refractivity contribution in [2.24, 2.45) is 0 Å². The van der Waals surface area contributed by atoms with Crippen LogP contribution in [0.4, 0.5) is 0 Å². The monoisotopic (exact) mass is 727 g/mol. The Balaban J connectivity index is -0.000000000175. The fourth-order valence-corrected chi connectivity index (χ4v) is 0. The molecule has 15 N–H and O–H groups in total. The van der Waals surface area contributed by atoms with Gasteiger partial charge in [-0.15, -0.1) is 0 Å². The predicted octanol–water partition coefficient (Wildman–Crippen LogP) is -160. The molecule has 0 saturated heterocycles. The third-order valence-corrected chi connectivity index (χ3v) is 0. The van der Waals surface area contributed by atoms with Crippen LogP contribution in [0.5, 0.6) is 0 Å². The van der Waals surface area contributed by atoms with Crippen molar-refractivity contribution in [2.45, 2.75) is 0 Å². The van der Waals surface area contributed by atoms with Crippen molar-refractivity contribution in [1.82, 2.24) is 0 Å². The summed E-state index contributed by atoms with van der Waals surface area (Å²) in [6.45, 7) is 0. The number of rotatable bonds is 0. The molecule has 0 rings (SSSR count). The number of hydrogen-bond donors (Lipinski definition) is 15. The van der Waals surface area contributed by atoms with Crippen LogP contribution in [0, 0.1) is 0 Å². The molecule has 72 heavy (non-hydrogen) atoms. The summed E-state index contributed by atoms with van der Waals surface area (Å²) in [7, 11) is -10.8. The Morgan fingerprint density at radius 3 is 0.0833 bits per heavy atom. The molecule has 0 aromatic rings. The van der Waals surface area contributed by atoms with E-state index in [0.717, 1.165) is 0 Å². The van der Waals surface area contributed by atoms with Crippen molar-refractivity contribution in [1.29, 1.82) is 0 Å². The average molecular weight is 723 g/mol. The molecule has 72 heteroatoms. The largest absolute Gasteiger partial charge is 1.00 e. The van der Waals surface area contributed by atoms with E-state index in [9.17, 15) is 0 Å². The van der Waals surface area contributed by atoms with Gasteiger partial charge in [-0.05, 0) is 0 Å². The van der Waals surface area contributed by atoms with Gasteiger partial charge in [-0.1, -0.05) is 0 Å². The molecule has 0 saturated carbocycles. The van der Waals surface area contributed by atoms with Crippen LogP contribution in [0.15, 0.2) is 0 Å². The first-order chi connectivity index (χ1) is 8.66. The average Bonchev–Trinajstić information content (AvgIpc) is 1.94. The SMILES string of the molecule is OB(O)O.OB(O)O.OB(O)O.OB(O)O.OB(O)O.[H-].[H-].[H-].[H-].[H-].[H-].[H-].[H-].[H-].[H-].[H-].[H-].[H-].[H-].[H-].[H-].[H-].[H-].[H-].[H-].[H-].[H-].[H-].[H-].[H-].[H-].[H-].[H-].[H-].[H-].[H-].[H-].[H-].[H-].[H-].[H-].[H-].[H-].[H-].[H-].[H-].[H-].[H-].[H-].[H-].[H-].[H-].[H-].[H-].[H-].[H-].[H-].[Li+].[Li+].[Li+].[Li+].[Li+].[Li+].[Li+].[Li+].[Li+].[Li+].[Li+].[Li+].[Li+].[Li+].[Li+].[Li+].[Li+].[Li+].[Li+].[Li+].[Li+].[Li+].[Li+].[Li+].[Li+].[Li+].[Li+].[Li+].[Li+].[Li+].[Li+].[Li+].[Li+].[Li+].[Li+].[Li+].[Li+].[Li+].[Li+].[Li+].[Li+].[Li+].[Li+].[Li+].[Li+].[Li+].[Li+].[Li+].[Li+].[Li+].[Li+].[Li+]. The summed E-state index contributed by atoms with van der Waals surface area (Å²) in [6.07, 6.45) is 0. The molecular weight excluding hydrogens is 655 g/mol. The fourth-order valence-electron chi connectivity index (χ4n) is 0. The Kier molecular flexibility index (Phi) is 3480. The topological polar surface area (TPSA) is 303 Å². The molecule has 0 aliphatic carbocycles. The summed E-state index contributed by atoms with van der Waals surface area (Å²) in [5, 5.41) is 108. The molecule has 0 aliphatic rings. The molecule has 0 aromatic heterocycles. The van der Waals surface area contributed by atoms with Gasteiger partial charge in [-0.2, -0.15) is 0 Å². The Labute approximate surface area is 1140 Å². The standard InChI is InChI=1S/5BH3O3.52Li.52H/c5*2-1(3)4;;;;;;;;;;;;;;;;;;;;;;;;;;;;;;;;;;;;;;;;;;;;;;;;;;;;;;;;;;;;;;;;;;;;;;;;;;;;;;;;;;;;;;;;;;;;;;;;;;;;;;;;/h5*2-4H;;;;;;;;;;;;;;;;;;;;;;;;;;;;;;;;;;;;;;;;;;;;;;;;;;;;;;;;;;;;;;;;;;;;;;;;;;;;;;;;;;;;;;;;;;;;;;;;;;;;;;;;/q;;;;;52*+1;52*-1. The summed E-state index contributed by atoms with van der Waals surface area (Å²) in [6, 6.07) is 0. The molecule has 0 radical (unpaired) electrons. The van der Waals surface area contributed by atoms with Crippen molar-refractivity contribution in [3.63, 3.8) is 0 Å². The fraction of sp³-hybridized carbons (Fsp3) is 0. The van der Waals surface area contributed by atoms with Crippen LogP contribution in [0.3, 0.4) is 0 Å². The van der Waals surface area contributed by atoms with E-state index >= 15 is 0 Å². The van der Waals surface area contributed by atoms with Crippen molar-refractivity contribution in [3.05, 3.63) is 0 Å². The molecule has 0 aromatic carbocycles. The predicted molar refractivity (Wildman–Crippen MR) is 120 cm³/mol. The molecule has 0 aliphatic heterocycles. The zero-order valence-electron chi connectivity index (χ0n) is 114. The van der Waals surface area contributed by atoms with Gasteiger partial charge in [0, 0.05) is 0 Å². The first kappa shape index (κ1) is 508. The van der Waals surface area contributed by atoms with E-state index in [1.807, 2.05) is 0 Å². The second kappa shape index (κ2) is 493. The maximum atomic E-state index is 7.17. The van der Waals surface area contributed by atoms with Crippen LogP contribution in [-0.2, 0) is 0 Å². The van der Waals surface area contributed by atoms with Gasteiger partial charge in [0.1, 0.15) is 0 Å². The molecule has 15 nitrogen and oxygen atoms in total. The van der Waals surface area contributed by atoms with E-state index in [-0.39, 0.29) is 1050 Å². The zero-order chi connectivity index (χ0) is 17.9. The smallest absolute Gasteiger partial charge is 1.00 e. The van der Waals surface area contributed by atoms with Gasteiger partial charge >= 0.3 is 1020 Å². The van der Waals surface area contributed by atoms with Crippen molar-refractivity contribution in [3.8, 4) is 0 Å². The van der Waals surface area contributed by atoms with Crippen LogP contribution in [0.2, 0.25) is 0 Å². The van der Waals surface area contributed by atoms with E-state index in [1.165, 1.54) is 0 Å². The van der Waals surface area contributed by atoms with E-state index in [1.54, 1.807) is 0 Å². The molecule has 0 unspecified atom stereocenters. The first-order valence-electron chi connectivity index (χ1n) is 3.87. The van der Waals surface area contributed by atoms with Crippen LogP contribution in [-0.4, -0.2) is 112 Å². The van der Waals surface area contributed by atoms with Gasteiger partial charge in [0.05, 0.1) is 0 Å². The summed E-state index contributed by atoms with van der Waals surface area (Å²) < 4.78 is 0. The Hall–Kier alpha value is 30.8. The van der Waals surface area contributed by atoms with Crippen LogP contribution in [0.25, 0.3) is 0 Å². The first-order valence-corrected chi connectivity index (χ1v) is 3.87. The Morgan fingerprint density at radius 2 is 0.0833 bits per heavy atom. The molecule has 0 bridgehead atoms. The second-order valence-electron chi connectivity index (χ2n) is 1.73. The minimum absolute atomic E-state index is 0. The second-order valence-corrected chi connectivity index (χ2v) is 1.73. The van der Waals surface area contributed by atoms with Gasteiger partial charge in [-0.3, -0.25) is 0 Å². The van der Waals surface area contributed by atoms with Gasteiger partial charge in [0.2, 0.25) is 0 Å². The van der Waals surface area contributed by atoms with Crippen molar-refractivity contribution >= 4 is 36.6 Å². The zero-order valence-corrected chi connectivity index (χ0v) is 61.6. The van der Waals surface area contributed by atoms with Crippen molar-refractivity contribution in [2.75, 3.05) is 0 Å². The summed E-state index contributed by atoms with van der Waals surface area (Å²) in [5.74, 6) is 0. The summed E-state index contributed by atoms with van der Waals surface area (Å²) in [5.41, 5.74) is 0. The van der Waals surface area contributed by atoms with Gasteiger partial charge in [-0.25, -0.2) is 0 Å². The molecule has 0 atom stereocenters. The molecule has 224 valence electrons. The van der Waals surface area contributed by atoms with Crippen LogP contribution in [0.1, 0.15) is 74.2 Å². The molecule has 0 fully saturated rings. The Bertz CT molecular complexity index is 258. The van der Waals surface area contributed by atoms with Gasteiger partial charge in [0.15, 0.2) is 0 Å². The van der Waals surface area contributed by atoms with Crippen LogP contribution >= 0.6 is 0 Å². The van der Waals surface area contributed by atoms with Gasteiger partial charge in [0.25, 0.3) is 0 Å². The third kappa shape index (κ3) is 1060. The molecule has 0 heterocycles. The van der Waals surface area contributed by atoms with E-state index in [0.29, 0.717) is 0 Å². The minimum Gasteiger partial charge on any atom is -1.00 e. The van der Waals surface area contributed by atoms with E-state index < -0.39 is 36.6 Å². The molecule has 0 amide bonds. The minimum atomic E-state index is -2.17. The molecular formula is H67B5Li52O15. The van der Waals surface area contributed by atoms with E-state index in [2.05, 4.69) is 0 Å². The normalized spacial score (nSPS) is 1.88. The number of hydrogen-bond acceptors (Lipinski definition) is 15. The van der Waals surface area contributed by atoms with Gasteiger partial charge < -0.3 is 150 Å². The maximum absolute atomic E-state index is 7.17. The van der Waals surface area contributed by atoms with Crippen molar-refractivity contribution < 1.29 is 1130 Å². The summed E-state index contributed by atoms with van der Waals surface area (Å²) >= 11 is 0. The quantitative estimate of drug-likeness (QED) is 0.103. The molecule has 0 spiro atoms. The van der Waals surface area contributed by atoms with Crippen LogP contribution < -0.4 is 981 Å². The third-order valence-electron chi connectivity index (χ3n) is 0. The Morgan fingerprint density at radius 1 is 0.0833 bits per heavy atom.